The Morgan fingerprint density at radius 1 is 1.22 bits per heavy atom. The molecule has 18 heavy (non-hydrogen) atoms. The number of thioether (sulfide) groups is 1. The van der Waals surface area contributed by atoms with Crippen LogP contribution in [0.1, 0.15) is 51.4 Å². The second-order valence-corrected chi connectivity index (χ2v) is 7.38. The lowest BCUT2D eigenvalue weighted by atomic mass is 9.66. The Kier molecular flexibility index (Phi) is 4.59. The first-order valence-electron chi connectivity index (χ1n) is 7.16. The summed E-state index contributed by atoms with van der Waals surface area (Å²) in [5.74, 6) is 0.209. The molecule has 0 aromatic heterocycles. The topological polar surface area (TPSA) is 55.1 Å². The molecule has 0 spiro atoms. The largest absolute Gasteiger partial charge is 0.355 e. The normalized spacial score (nSPS) is 24.6. The monoisotopic (exact) mass is 270 g/mol. The first-order valence-corrected chi connectivity index (χ1v) is 8.38. The van der Waals surface area contributed by atoms with Crippen LogP contribution in [-0.2, 0) is 4.79 Å². The fourth-order valence-corrected chi connectivity index (χ4v) is 4.18. The van der Waals surface area contributed by atoms with Gasteiger partial charge < -0.3 is 11.1 Å². The second-order valence-electron chi connectivity index (χ2n) is 6.11. The van der Waals surface area contributed by atoms with Gasteiger partial charge in [-0.2, -0.15) is 11.8 Å². The Bertz CT molecular complexity index is 291. The zero-order chi connectivity index (χ0) is 13.1. The maximum absolute atomic E-state index is 12.0. The number of carbonyl (C=O) groups excluding carboxylic acids is 1. The predicted octanol–water partition coefficient (Wildman–Crippen LogP) is 2.30. The number of nitrogens with one attached hydrogen (secondary N) is 1. The molecule has 2 saturated carbocycles. The molecule has 0 aliphatic heterocycles. The van der Waals surface area contributed by atoms with Crippen molar-refractivity contribution in [3.8, 4) is 0 Å². The van der Waals surface area contributed by atoms with E-state index < -0.39 is 0 Å². The third-order valence-electron chi connectivity index (χ3n) is 4.94. The van der Waals surface area contributed by atoms with Crippen molar-refractivity contribution in [2.75, 3.05) is 19.3 Å². The van der Waals surface area contributed by atoms with Gasteiger partial charge in [-0.15, -0.1) is 0 Å². The van der Waals surface area contributed by atoms with Gasteiger partial charge in [0, 0.05) is 17.7 Å². The van der Waals surface area contributed by atoms with Crippen LogP contribution in [0.5, 0.6) is 0 Å². The first-order chi connectivity index (χ1) is 8.64. The summed E-state index contributed by atoms with van der Waals surface area (Å²) in [5, 5.41) is 3.16. The van der Waals surface area contributed by atoms with Gasteiger partial charge in [0.1, 0.15) is 0 Å². The minimum atomic E-state index is 0.131. The molecule has 0 unspecified atom stereocenters. The number of carbonyl (C=O) groups is 1. The van der Waals surface area contributed by atoms with E-state index in [1.54, 1.807) is 0 Å². The van der Waals surface area contributed by atoms with Gasteiger partial charge in [-0.25, -0.2) is 0 Å². The first kappa shape index (κ1) is 14.2. The zero-order valence-electron chi connectivity index (χ0n) is 11.5. The minimum Gasteiger partial charge on any atom is -0.355 e. The highest BCUT2D eigenvalue weighted by molar-refractivity contribution is 8.00. The smallest absolute Gasteiger partial charge is 0.220 e. The number of nitrogens with two attached hydrogens (primary N) is 1. The van der Waals surface area contributed by atoms with E-state index in [1.807, 2.05) is 11.8 Å². The quantitative estimate of drug-likeness (QED) is 0.778. The SMILES string of the molecule is CSC1(CNC(=O)CC2(CN)CCC2)CCCC1. The van der Waals surface area contributed by atoms with Crippen LogP contribution in [0, 0.1) is 5.41 Å². The van der Waals surface area contributed by atoms with Gasteiger partial charge in [0.15, 0.2) is 0 Å². The molecule has 0 saturated heterocycles. The molecule has 3 N–H and O–H groups in total. The molecule has 3 nitrogen and oxygen atoms in total. The van der Waals surface area contributed by atoms with E-state index >= 15 is 0 Å². The van der Waals surface area contributed by atoms with E-state index in [2.05, 4.69) is 11.6 Å². The molecule has 2 aliphatic carbocycles. The van der Waals surface area contributed by atoms with Crippen molar-refractivity contribution in [2.24, 2.45) is 11.1 Å². The average Bonchev–Trinajstić information content (AvgIpc) is 2.81. The van der Waals surface area contributed by atoms with Crippen molar-refractivity contribution >= 4 is 17.7 Å². The van der Waals surface area contributed by atoms with E-state index in [9.17, 15) is 4.79 Å². The Morgan fingerprint density at radius 3 is 2.33 bits per heavy atom. The molecule has 2 fully saturated rings. The van der Waals surface area contributed by atoms with Crippen molar-refractivity contribution in [3.63, 3.8) is 0 Å². The molecule has 4 heteroatoms. The van der Waals surface area contributed by atoms with Crippen LogP contribution in [0.2, 0.25) is 0 Å². The Labute approximate surface area is 115 Å². The summed E-state index contributed by atoms with van der Waals surface area (Å²) in [4.78, 5) is 12.0. The maximum atomic E-state index is 12.0. The van der Waals surface area contributed by atoms with Crippen LogP contribution >= 0.6 is 11.8 Å². The molecule has 0 bridgehead atoms. The van der Waals surface area contributed by atoms with Crippen molar-refractivity contribution in [3.05, 3.63) is 0 Å². The van der Waals surface area contributed by atoms with Gasteiger partial charge in [-0.1, -0.05) is 19.3 Å². The number of amides is 1. The summed E-state index contributed by atoms with van der Waals surface area (Å²) in [6.07, 6.45) is 11.4. The molecule has 0 aromatic rings. The summed E-state index contributed by atoms with van der Waals surface area (Å²) >= 11 is 1.93. The summed E-state index contributed by atoms with van der Waals surface area (Å²) in [7, 11) is 0. The van der Waals surface area contributed by atoms with E-state index in [0.717, 1.165) is 19.4 Å². The Balaban J connectivity index is 1.77. The molecule has 2 aliphatic rings. The lowest BCUT2D eigenvalue weighted by Gasteiger charge is -2.40. The van der Waals surface area contributed by atoms with Gasteiger partial charge in [0.2, 0.25) is 5.91 Å². The molecule has 2 rings (SSSR count). The Hall–Kier alpha value is -0.220. The molecule has 0 atom stereocenters. The highest BCUT2D eigenvalue weighted by Crippen LogP contribution is 2.43. The Morgan fingerprint density at radius 2 is 1.89 bits per heavy atom. The molecule has 1 amide bonds. The number of rotatable bonds is 6. The third kappa shape index (κ3) is 3.02. The molecular weight excluding hydrogens is 244 g/mol. The van der Waals surface area contributed by atoms with Crippen LogP contribution in [-0.4, -0.2) is 30.0 Å². The maximum Gasteiger partial charge on any atom is 0.220 e. The van der Waals surface area contributed by atoms with Crippen molar-refractivity contribution in [1.29, 1.82) is 0 Å². The predicted molar refractivity (Wildman–Crippen MR) is 77.7 cm³/mol. The third-order valence-corrected chi connectivity index (χ3v) is 6.36. The van der Waals surface area contributed by atoms with Crippen LogP contribution in [0.15, 0.2) is 0 Å². The summed E-state index contributed by atoms with van der Waals surface area (Å²) < 4.78 is 0.311. The molecule has 0 heterocycles. The van der Waals surface area contributed by atoms with Gasteiger partial charge in [-0.3, -0.25) is 4.79 Å². The lowest BCUT2D eigenvalue weighted by molar-refractivity contribution is -0.124. The summed E-state index contributed by atoms with van der Waals surface area (Å²) in [6, 6.07) is 0. The minimum absolute atomic E-state index is 0.131. The summed E-state index contributed by atoms with van der Waals surface area (Å²) in [5.41, 5.74) is 5.93. The zero-order valence-corrected chi connectivity index (χ0v) is 12.3. The van der Waals surface area contributed by atoms with E-state index in [0.29, 0.717) is 17.7 Å². The van der Waals surface area contributed by atoms with Crippen LogP contribution < -0.4 is 11.1 Å². The van der Waals surface area contributed by atoms with Crippen LogP contribution in [0.4, 0.5) is 0 Å². The average molecular weight is 270 g/mol. The van der Waals surface area contributed by atoms with E-state index in [4.69, 9.17) is 5.73 Å². The standard InChI is InChI=1S/C14H26N2OS/c1-18-14(7-2-3-8-14)11-16-12(17)9-13(10-15)5-4-6-13/h2-11,15H2,1H3,(H,16,17). The molecular formula is C14H26N2OS. The fourth-order valence-electron chi connectivity index (χ4n) is 3.27. The van der Waals surface area contributed by atoms with E-state index in [-0.39, 0.29) is 11.3 Å². The lowest BCUT2D eigenvalue weighted by Crippen LogP contribution is -2.44. The van der Waals surface area contributed by atoms with Gasteiger partial charge in [-0.05, 0) is 43.9 Å². The van der Waals surface area contributed by atoms with Gasteiger partial charge >= 0.3 is 0 Å². The number of hydrogen-bond donors (Lipinski definition) is 2. The second kappa shape index (κ2) is 5.83. The van der Waals surface area contributed by atoms with E-state index in [1.165, 1.54) is 32.1 Å². The summed E-state index contributed by atoms with van der Waals surface area (Å²) in [6.45, 7) is 1.50. The fraction of sp³-hybridized carbons (Fsp3) is 0.929. The van der Waals surface area contributed by atoms with Crippen LogP contribution in [0.3, 0.4) is 0 Å². The van der Waals surface area contributed by atoms with Crippen LogP contribution in [0.25, 0.3) is 0 Å². The van der Waals surface area contributed by atoms with Gasteiger partial charge in [0.25, 0.3) is 0 Å². The molecule has 104 valence electrons. The number of hydrogen-bond acceptors (Lipinski definition) is 3. The van der Waals surface area contributed by atoms with Gasteiger partial charge in [0.05, 0.1) is 0 Å². The highest BCUT2D eigenvalue weighted by Gasteiger charge is 2.38. The van der Waals surface area contributed by atoms with Crippen molar-refractivity contribution in [1.82, 2.24) is 5.32 Å². The highest BCUT2D eigenvalue weighted by atomic mass is 32.2. The van der Waals surface area contributed by atoms with Crippen molar-refractivity contribution < 1.29 is 4.79 Å². The molecule has 0 radical (unpaired) electrons. The van der Waals surface area contributed by atoms with Crippen molar-refractivity contribution in [2.45, 2.75) is 56.1 Å². The molecule has 0 aromatic carbocycles.